The molecule has 0 aliphatic carbocycles. The van der Waals surface area contributed by atoms with E-state index in [1.807, 2.05) is 48.5 Å². The Balaban J connectivity index is 0.000000143. The van der Waals surface area contributed by atoms with E-state index >= 15 is 0 Å². The maximum atomic E-state index is 9.97. The highest BCUT2D eigenvalue weighted by Crippen LogP contribution is 2.45. The molecule has 10 nitrogen and oxygen atoms in total. The Kier molecular flexibility index (Phi) is 15.1. The van der Waals surface area contributed by atoms with E-state index in [-0.39, 0.29) is 5.75 Å². The second-order valence-corrected chi connectivity index (χ2v) is 27.9. The second kappa shape index (κ2) is 26.2. The van der Waals surface area contributed by atoms with Crippen LogP contribution in [0, 0.1) is 0 Å². The van der Waals surface area contributed by atoms with Gasteiger partial charge in [-0.05, 0) is 192 Å². The van der Waals surface area contributed by atoms with Crippen molar-refractivity contribution in [2.75, 3.05) is 4.90 Å². The lowest BCUT2D eigenvalue weighted by atomic mass is 10.0. The summed E-state index contributed by atoms with van der Waals surface area (Å²) in [5.41, 5.74) is 24.6. The van der Waals surface area contributed by atoms with Crippen molar-refractivity contribution in [2.45, 2.75) is 0 Å². The molecule has 0 aliphatic heterocycles. The van der Waals surface area contributed by atoms with Gasteiger partial charge in [0, 0.05) is 93.4 Å². The first-order valence-electron chi connectivity index (χ1n) is 37.1. The smallest absolute Gasteiger partial charge is 0.235 e. The molecule has 22 rings (SSSR count). The molecule has 22 aromatic rings. The Bertz CT molecular complexity index is 7300. The first kappa shape index (κ1) is 63.5. The molecular formula is C100H65N9O. The molecule has 0 amide bonds. The lowest BCUT2D eigenvalue weighted by Gasteiger charge is -2.25. The van der Waals surface area contributed by atoms with Gasteiger partial charge in [0.2, 0.25) is 11.9 Å². The molecule has 0 aliphatic rings. The van der Waals surface area contributed by atoms with Crippen molar-refractivity contribution in [3.8, 4) is 73.8 Å². The van der Waals surface area contributed by atoms with Crippen molar-refractivity contribution in [1.82, 2.24) is 38.2 Å². The van der Waals surface area contributed by atoms with Crippen LogP contribution >= 0.6 is 0 Å². The highest BCUT2D eigenvalue weighted by atomic mass is 16.3. The van der Waals surface area contributed by atoms with Crippen LogP contribution < -0.4 is 4.90 Å². The molecule has 6 heterocycles. The molecule has 16 aromatic carbocycles. The predicted octanol–water partition coefficient (Wildman–Crippen LogP) is 25.5. The molecule has 0 spiro atoms. The topological polar surface area (TPSA) is 94.7 Å². The summed E-state index contributed by atoms with van der Waals surface area (Å²) in [5, 5.41) is 21.4. The number of para-hydroxylation sites is 9. The maximum Gasteiger partial charge on any atom is 0.235 e. The van der Waals surface area contributed by atoms with E-state index in [1.165, 1.54) is 38.1 Å². The van der Waals surface area contributed by atoms with Crippen molar-refractivity contribution >= 4 is 126 Å². The van der Waals surface area contributed by atoms with E-state index < -0.39 is 0 Å². The van der Waals surface area contributed by atoms with E-state index in [0.717, 1.165) is 144 Å². The molecule has 0 unspecified atom stereocenters. The number of phenols is 1. The molecule has 0 saturated carbocycles. The summed E-state index contributed by atoms with van der Waals surface area (Å²) in [5.74, 6) is 1.49. The van der Waals surface area contributed by atoms with E-state index in [2.05, 4.69) is 351 Å². The minimum absolute atomic E-state index is 0.224. The van der Waals surface area contributed by atoms with E-state index in [4.69, 9.17) is 19.9 Å². The zero-order valence-electron chi connectivity index (χ0n) is 59.4. The Hall–Kier alpha value is -15.0. The summed E-state index contributed by atoms with van der Waals surface area (Å²) in [4.78, 5) is 23.1. The monoisotopic (exact) mass is 1410 g/mol. The van der Waals surface area contributed by atoms with Crippen LogP contribution in [0.2, 0.25) is 0 Å². The van der Waals surface area contributed by atoms with Crippen LogP contribution in [0.3, 0.4) is 0 Å². The summed E-state index contributed by atoms with van der Waals surface area (Å²) in [6.07, 6.45) is 0. The quantitative estimate of drug-likeness (QED) is 0.139. The Labute approximate surface area is 632 Å². The number of fused-ring (bicyclic) bond motifs is 14. The van der Waals surface area contributed by atoms with Gasteiger partial charge in [-0.3, -0.25) is 9.13 Å². The highest BCUT2D eigenvalue weighted by Gasteiger charge is 2.24. The third-order valence-corrected chi connectivity index (χ3v) is 21.5. The number of aromatic nitrogens is 8. The van der Waals surface area contributed by atoms with Gasteiger partial charge < -0.3 is 19.1 Å². The molecule has 0 bridgehead atoms. The Morgan fingerprint density at radius 2 is 0.491 bits per heavy atom. The summed E-state index contributed by atoms with van der Waals surface area (Å²) in [7, 11) is 0. The number of benzene rings is 16. The fourth-order valence-electron chi connectivity index (χ4n) is 16.5. The van der Waals surface area contributed by atoms with Crippen LogP contribution in [0.15, 0.2) is 388 Å². The molecule has 0 saturated heterocycles. The zero-order valence-corrected chi connectivity index (χ0v) is 59.4. The van der Waals surface area contributed by atoms with Crippen molar-refractivity contribution in [1.29, 1.82) is 0 Å². The summed E-state index contributed by atoms with van der Waals surface area (Å²) in [6, 6.07) is 136. The summed E-state index contributed by atoms with van der Waals surface area (Å²) in [6.45, 7) is 0. The third kappa shape index (κ3) is 10.7. The van der Waals surface area contributed by atoms with Crippen LogP contribution in [0.1, 0.15) is 0 Å². The molecule has 0 fully saturated rings. The zero-order chi connectivity index (χ0) is 72.8. The van der Waals surface area contributed by atoms with Gasteiger partial charge in [0.15, 0.2) is 0 Å². The minimum atomic E-state index is 0.224. The molecule has 110 heavy (non-hydrogen) atoms. The van der Waals surface area contributed by atoms with Gasteiger partial charge in [0.25, 0.3) is 0 Å². The van der Waals surface area contributed by atoms with Crippen LogP contribution in [0.4, 0.5) is 17.1 Å². The normalized spacial score (nSPS) is 11.7. The third-order valence-electron chi connectivity index (χ3n) is 21.5. The number of aromatic hydroxyl groups is 1. The Morgan fingerprint density at radius 1 is 0.200 bits per heavy atom. The van der Waals surface area contributed by atoms with Crippen molar-refractivity contribution in [3.63, 3.8) is 0 Å². The SMILES string of the molecule is Oc1ccc(-c2nc(-n3c4ccccc4c4cc(-c5ccc6c(c5)c5ccccc5n6-c5ccccc5)ccc43)nc3ccccc23)cc1.c1ccc(-c2nc(-n3c4ccccc4c4cc(-c5ccc6c(c5)c5cc(N(c7ccccc7)c7ccccc7)ccc5n6-c5ccccc5)ccc43)nc3ccccc23)cc1. The summed E-state index contributed by atoms with van der Waals surface area (Å²) < 4.78 is 9.12. The van der Waals surface area contributed by atoms with Gasteiger partial charge in [0.1, 0.15) is 5.75 Å². The van der Waals surface area contributed by atoms with Crippen LogP contribution in [0.5, 0.6) is 5.75 Å². The van der Waals surface area contributed by atoms with Gasteiger partial charge >= 0.3 is 0 Å². The standard InChI is InChI=1S/C56H37N5.C44H28N4O/c1-5-17-38(18-6-1)55-46-26-13-15-27-50(46)57-56(58-55)61-51-28-16-14-25-45(51)47-35-39(30-33-54(47)61)40-29-32-52-48(36-40)49-37-44(31-34-53(49)60(52)43-23-11-4-12-24-43)59(41-19-7-2-8-20-41)42-21-9-3-10-22-42;49-32-22-18-28(19-23-32)43-35-14-4-7-15-38(35)45-44(46-43)48-40-17-9-6-13-34(40)37-27-30(21-25-42(37)48)29-20-24-41-36(26-29)33-12-5-8-16-39(33)47(41)31-10-2-1-3-11-31/h1-37H;1-27,49H. The second-order valence-electron chi connectivity index (χ2n) is 27.9. The fraction of sp³-hybridized carbons (Fsp3) is 0. The number of anilines is 3. The van der Waals surface area contributed by atoms with Crippen LogP contribution in [-0.4, -0.2) is 43.3 Å². The number of phenolic OH excluding ortho intramolecular Hbond substituents is 1. The van der Waals surface area contributed by atoms with Crippen molar-refractivity contribution < 1.29 is 5.11 Å². The van der Waals surface area contributed by atoms with Gasteiger partial charge in [-0.25, -0.2) is 19.9 Å². The maximum absolute atomic E-state index is 9.97. The predicted molar refractivity (Wildman–Crippen MR) is 455 cm³/mol. The van der Waals surface area contributed by atoms with Crippen LogP contribution in [0.25, 0.3) is 177 Å². The van der Waals surface area contributed by atoms with Crippen molar-refractivity contribution in [2.24, 2.45) is 0 Å². The van der Waals surface area contributed by atoms with E-state index in [0.29, 0.717) is 11.9 Å². The summed E-state index contributed by atoms with van der Waals surface area (Å²) >= 11 is 0. The largest absolute Gasteiger partial charge is 0.508 e. The average Bonchev–Trinajstić information content (AvgIpc) is 1.58. The average molecular weight is 1410 g/mol. The first-order chi connectivity index (χ1) is 54.5. The van der Waals surface area contributed by atoms with E-state index in [9.17, 15) is 5.11 Å². The molecule has 0 radical (unpaired) electrons. The molecular weight excluding hydrogens is 1340 g/mol. The molecule has 1 N–H and O–H groups in total. The number of hydrogen-bond acceptors (Lipinski definition) is 6. The molecule has 516 valence electrons. The number of rotatable bonds is 11. The van der Waals surface area contributed by atoms with Crippen molar-refractivity contribution in [3.05, 3.63) is 388 Å². The molecule has 10 heteroatoms. The highest BCUT2D eigenvalue weighted by molar-refractivity contribution is 6.16. The first-order valence-corrected chi connectivity index (χ1v) is 37.1. The van der Waals surface area contributed by atoms with Gasteiger partial charge in [0.05, 0.1) is 66.6 Å². The van der Waals surface area contributed by atoms with Gasteiger partial charge in [-0.2, -0.15) is 0 Å². The van der Waals surface area contributed by atoms with E-state index in [1.54, 1.807) is 12.1 Å². The number of nitrogens with zero attached hydrogens (tertiary/aromatic N) is 9. The van der Waals surface area contributed by atoms with Gasteiger partial charge in [-0.1, -0.05) is 218 Å². The molecule has 0 atom stereocenters. The van der Waals surface area contributed by atoms with Crippen LogP contribution in [-0.2, 0) is 0 Å². The lowest BCUT2D eigenvalue weighted by molar-refractivity contribution is 0.475. The fourth-order valence-corrected chi connectivity index (χ4v) is 16.5. The van der Waals surface area contributed by atoms with Gasteiger partial charge in [-0.15, -0.1) is 0 Å². The Morgan fingerprint density at radius 3 is 0.909 bits per heavy atom. The molecule has 6 aromatic heterocycles. The minimum Gasteiger partial charge on any atom is -0.508 e. The lowest BCUT2D eigenvalue weighted by Crippen LogP contribution is -2.09. The number of hydrogen-bond donors (Lipinski definition) is 1.